The Labute approximate surface area is 113 Å². The number of hydrogen-bond donors (Lipinski definition) is 1. The summed E-state index contributed by atoms with van der Waals surface area (Å²) >= 11 is 0. The van der Waals surface area contributed by atoms with E-state index in [9.17, 15) is 18.0 Å². The lowest BCUT2D eigenvalue weighted by atomic mass is 9.98. The minimum absolute atomic E-state index is 0.339. The Hall–Kier alpha value is -2.30. The molecule has 2 nitrogen and oxygen atoms in total. The van der Waals surface area contributed by atoms with Crippen LogP contribution >= 0.6 is 0 Å². The number of halogens is 3. The third-order valence-electron chi connectivity index (χ3n) is 2.91. The first kappa shape index (κ1) is 14.1. The van der Waals surface area contributed by atoms with E-state index in [2.05, 4.69) is 0 Å². The van der Waals surface area contributed by atoms with Gasteiger partial charge in [0.1, 0.15) is 0 Å². The molecule has 0 spiro atoms. The second-order valence-electron chi connectivity index (χ2n) is 4.43. The van der Waals surface area contributed by atoms with E-state index in [1.807, 2.05) is 13.0 Å². The summed E-state index contributed by atoms with van der Waals surface area (Å²) in [5, 5.41) is 8.83. The largest absolute Gasteiger partial charge is 0.478 e. The molecule has 0 heterocycles. The Morgan fingerprint density at radius 1 is 1.05 bits per heavy atom. The lowest BCUT2D eigenvalue weighted by molar-refractivity contribution is -0.138. The molecule has 1 N–H and O–H groups in total. The molecular weight excluding hydrogens is 269 g/mol. The molecular formula is C15H11F3O2. The van der Waals surface area contributed by atoms with Crippen molar-refractivity contribution in [2.45, 2.75) is 13.1 Å². The van der Waals surface area contributed by atoms with Gasteiger partial charge >= 0.3 is 12.1 Å². The van der Waals surface area contributed by atoms with E-state index in [1.54, 1.807) is 18.2 Å². The molecule has 2 aromatic rings. The molecule has 0 bridgehead atoms. The van der Waals surface area contributed by atoms with Gasteiger partial charge in [-0.3, -0.25) is 0 Å². The predicted octanol–water partition coefficient (Wildman–Crippen LogP) is 4.38. The summed E-state index contributed by atoms with van der Waals surface area (Å²) in [6, 6.07) is 10.2. The molecule has 0 aliphatic heterocycles. The van der Waals surface area contributed by atoms with Crippen LogP contribution in [0.5, 0.6) is 0 Å². The Balaban J connectivity index is 2.61. The van der Waals surface area contributed by atoms with Crippen molar-refractivity contribution in [2.75, 3.05) is 0 Å². The van der Waals surface area contributed by atoms with Crippen molar-refractivity contribution in [2.24, 2.45) is 0 Å². The summed E-state index contributed by atoms with van der Waals surface area (Å²) in [4.78, 5) is 10.9. The van der Waals surface area contributed by atoms with Gasteiger partial charge in [0.2, 0.25) is 0 Å². The smallest absolute Gasteiger partial charge is 0.417 e. The van der Waals surface area contributed by atoms with Gasteiger partial charge in [0, 0.05) is 0 Å². The SMILES string of the molecule is Cc1cccc(-c2ccc(C(=O)O)c(C(F)(F)F)c2)c1. The molecule has 0 saturated heterocycles. The molecule has 5 heteroatoms. The van der Waals surface area contributed by atoms with Gasteiger partial charge in [-0.1, -0.05) is 35.9 Å². The van der Waals surface area contributed by atoms with Crippen LogP contribution in [-0.4, -0.2) is 11.1 Å². The van der Waals surface area contributed by atoms with E-state index in [0.29, 0.717) is 11.1 Å². The molecule has 0 radical (unpaired) electrons. The monoisotopic (exact) mass is 280 g/mol. The second-order valence-corrected chi connectivity index (χ2v) is 4.43. The van der Waals surface area contributed by atoms with Gasteiger partial charge in [0.05, 0.1) is 11.1 Å². The van der Waals surface area contributed by atoms with Crippen molar-refractivity contribution in [1.82, 2.24) is 0 Å². The van der Waals surface area contributed by atoms with Crippen LogP contribution < -0.4 is 0 Å². The Kier molecular flexibility index (Phi) is 3.53. The van der Waals surface area contributed by atoms with Crippen LogP contribution in [0.1, 0.15) is 21.5 Å². The summed E-state index contributed by atoms with van der Waals surface area (Å²) < 4.78 is 38.8. The molecule has 0 fully saturated rings. The van der Waals surface area contributed by atoms with Gasteiger partial charge < -0.3 is 5.11 Å². The van der Waals surface area contributed by atoms with E-state index < -0.39 is 23.3 Å². The predicted molar refractivity (Wildman–Crippen MR) is 68.6 cm³/mol. The maximum atomic E-state index is 12.9. The fourth-order valence-corrected chi connectivity index (χ4v) is 1.97. The highest BCUT2D eigenvalue weighted by Gasteiger charge is 2.35. The van der Waals surface area contributed by atoms with Crippen molar-refractivity contribution in [1.29, 1.82) is 0 Å². The third-order valence-corrected chi connectivity index (χ3v) is 2.91. The van der Waals surface area contributed by atoms with Gasteiger partial charge in [-0.2, -0.15) is 13.2 Å². The van der Waals surface area contributed by atoms with Crippen LogP contribution in [0.25, 0.3) is 11.1 Å². The minimum Gasteiger partial charge on any atom is -0.478 e. The summed E-state index contributed by atoms with van der Waals surface area (Å²) in [5.41, 5.74) is -0.00487. The molecule has 0 atom stereocenters. The average molecular weight is 280 g/mol. The number of benzene rings is 2. The van der Waals surface area contributed by atoms with Crippen molar-refractivity contribution >= 4 is 5.97 Å². The molecule has 0 aromatic heterocycles. The van der Waals surface area contributed by atoms with E-state index in [1.165, 1.54) is 6.07 Å². The van der Waals surface area contributed by atoms with E-state index in [4.69, 9.17) is 5.11 Å². The quantitative estimate of drug-likeness (QED) is 0.886. The first-order valence-electron chi connectivity index (χ1n) is 5.80. The van der Waals surface area contributed by atoms with Gasteiger partial charge in [-0.25, -0.2) is 4.79 Å². The topological polar surface area (TPSA) is 37.3 Å². The lowest BCUT2D eigenvalue weighted by Gasteiger charge is -2.12. The minimum atomic E-state index is -4.70. The van der Waals surface area contributed by atoms with Crippen molar-refractivity contribution in [3.63, 3.8) is 0 Å². The Morgan fingerprint density at radius 2 is 1.70 bits per heavy atom. The standard InChI is InChI=1S/C15H11F3O2/c1-9-3-2-4-10(7-9)11-5-6-12(14(19)20)13(8-11)15(16,17)18/h2-8H,1H3,(H,19,20). The first-order valence-corrected chi connectivity index (χ1v) is 5.80. The van der Waals surface area contributed by atoms with Gasteiger partial charge in [-0.15, -0.1) is 0 Å². The molecule has 104 valence electrons. The molecule has 0 aliphatic rings. The summed E-state index contributed by atoms with van der Waals surface area (Å²) in [5.74, 6) is -1.59. The molecule has 0 aliphatic carbocycles. The average Bonchev–Trinajstić information content (AvgIpc) is 2.37. The van der Waals surface area contributed by atoms with Gasteiger partial charge in [-0.05, 0) is 30.2 Å². The number of alkyl halides is 3. The summed E-state index contributed by atoms with van der Waals surface area (Å²) in [7, 11) is 0. The fraction of sp³-hybridized carbons (Fsp3) is 0.133. The number of hydrogen-bond acceptors (Lipinski definition) is 1. The fourth-order valence-electron chi connectivity index (χ4n) is 1.97. The van der Waals surface area contributed by atoms with Crippen molar-refractivity contribution < 1.29 is 23.1 Å². The Bertz CT molecular complexity index is 660. The van der Waals surface area contributed by atoms with Crippen LogP contribution in [-0.2, 0) is 6.18 Å². The van der Waals surface area contributed by atoms with E-state index >= 15 is 0 Å². The molecule has 0 saturated carbocycles. The summed E-state index contributed by atoms with van der Waals surface area (Å²) in [6.07, 6.45) is -4.70. The first-order chi connectivity index (χ1) is 9.29. The van der Waals surface area contributed by atoms with Crippen molar-refractivity contribution in [3.05, 3.63) is 59.2 Å². The zero-order valence-corrected chi connectivity index (χ0v) is 10.5. The molecule has 0 unspecified atom stereocenters. The van der Waals surface area contributed by atoms with E-state index in [-0.39, 0.29) is 0 Å². The van der Waals surface area contributed by atoms with Crippen LogP contribution in [0.2, 0.25) is 0 Å². The number of aryl methyl sites for hydroxylation is 1. The van der Waals surface area contributed by atoms with Crippen molar-refractivity contribution in [3.8, 4) is 11.1 Å². The lowest BCUT2D eigenvalue weighted by Crippen LogP contribution is -2.12. The highest BCUT2D eigenvalue weighted by Crippen LogP contribution is 2.35. The number of carbonyl (C=O) groups is 1. The van der Waals surface area contributed by atoms with Crippen LogP contribution in [0.4, 0.5) is 13.2 Å². The number of rotatable bonds is 2. The number of carboxylic acids is 1. The molecule has 20 heavy (non-hydrogen) atoms. The number of aromatic carboxylic acids is 1. The number of carboxylic acid groups (broad SMARTS) is 1. The maximum Gasteiger partial charge on any atom is 0.417 e. The van der Waals surface area contributed by atoms with Crippen LogP contribution in [0.3, 0.4) is 0 Å². The van der Waals surface area contributed by atoms with Crippen LogP contribution in [0, 0.1) is 6.92 Å². The normalized spacial score (nSPS) is 11.4. The zero-order chi connectivity index (χ0) is 14.9. The molecule has 2 aromatic carbocycles. The van der Waals surface area contributed by atoms with Crippen LogP contribution in [0.15, 0.2) is 42.5 Å². The Morgan fingerprint density at radius 3 is 2.25 bits per heavy atom. The molecule has 0 amide bonds. The van der Waals surface area contributed by atoms with Gasteiger partial charge in [0.15, 0.2) is 0 Å². The zero-order valence-electron chi connectivity index (χ0n) is 10.5. The second kappa shape index (κ2) is 5.00. The maximum absolute atomic E-state index is 12.9. The van der Waals surface area contributed by atoms with Gasteiger partial charge in [0.25, 0.3) is 0 Å². The highest BCUT2D eigenvalue weighted by atomic mass is 19.4. The summed E-state index contributed by atoms with van der Waals surface area (Å²) in [6.45, 7) is 1.83. The van der Waals surface area contributed by atoms with E-state index in [0.717, 1.165) is 17.7 Å². The third kappa shape index (κ3) is 2.82. The molecule has 2 rings (SSSR count). The highest BCUT2D eigenvalue weighted by molar-refractivity contribution is 5.90.